The second-order valence-corrected chi connectivity index (χ2v) is 7.69. The largest absolute Gasteiger partial charge is 0.0890 e. The molecular formula is C18H15ClS2. The van der Waals surface area contributed by atoms with Gasteiger partial charge in [0.2, 0.25) is 0 Å². The molecule has 0 N–H and O–H groups in total. The predicted molar refractivity (Wildman–Crippen MR) is 98.0 cm³/mol. The van der Waals surface area contributed by atoms with Gasteiger partial charge >= 0.3 is 0 Å². The summed E-state index contributed by atoms with van der Waals surface area (Å²) < 4.78 is 0. The Bertz CT molecular complexity index is 735. The van der Waals surface area contributed by atoms with E-state index in [4.69, 9.17) is 11.6 Å². The zero-order valence-corrected chi connectivity index (χ0v) is 13.8. The van der Waals surface area contributed by atoms with Crippen molar-refractivity contribution in [3.8, 4) is 0 Å². The Kier molecular flexibility index (Phi) is 5.13. The fourth-order valence-electron chi connectivity index (χ4n) is 2.26. The van der Waals surface area contributed by atoms with Crippen LogP contribution in [0.2, 0.25) is 5.02 Å². The molecule has 3 aromatic carbocycles. The molecule has 0 saturated carbocycles. The van der Waals surface area contributed by atoms with Gasteiger partial charge < -0.3 is 0 Å². The number of halogens is 1. The molecule has 0 radical (unpaired) electrons. The molecule has 0 unspecified atom stereocenters. The van der Waals surface area contributed by atoms with Crippen molar-refractivity contribution >= 4 is 44.0 Å². The van der Waals surface area contributed by atoms with Crippen LogP contribution in [0.3, 0.4) is 0 Å². The monoisotopic (exact) mass is 330 g/mol. The molecule has 106 valence electrons. The van der Waals surface area contributed by atoms with Crippen LogP contribution in [0.1, 0.15) is 11.1 Å². The van der Waals surface area contributed by atoms with E-state index in [0.29, 0.717) is 0 Å². The van der Waals surface area contributed by atoms with Crippen molar-refractivity contribution in [1.29, 1.82) is 0 Å². The van der Waals surface area contributed by atoms with E-state index >= 15 is 0 Å². The first-order chi connectivity index (χ1) is 10.3. The quantitative estimate of drug-likeness (QED) is 0.383. The van der Waals surface area contributed by atoms with Gasteiger partial charge in [0.25, 0.3) is 0 Å². The molecule has 0 saturated heterocycles. The van der Waals surface area contributed by atoms with E-state index < -0.39 is 0 Å². The second kappa shape index (κ2) is 7.26. The van der Waals surface area contributed by atoms with E-state index in [0.717, 1.165) is 16.5 Å². The van der Waals surface area contributed by atoms with Crippen LogP contribution in [0.5, 0.6) is 0 Å². The van der Waals surface area contributed by atoms with E-state index in [1.54, 1.807) is 0 Å². The maximum atomic E-state index is 6.00. The summed E-state index contributed by atoms with van der Waals surface area (Å²) in [5.41, 5.74) is 2.68. The Morgan fingerprint density at radius 1 is 0.762 bits per heavy atom. The van der Waals surface area contributed by atoms with Crippen LogP contribution in [0.4, 0.5) is 0 Å². The zero-order valence-electron chi connectivity index (χ0n) is 11.5. The molecule has 3 aromatic rings. The van der Waals surface area contributed by atoms with Crippen molar-refractivity contribution in [2.24, 2.45) is 0 Å². The normalized spacial score (nSPS) is 10.9. The highest BCUT2D eigenvalue weighted by atomic mass is 35.5. The van der Waals surface area contributed by atoms with Gasteiger partial charge in [0, 0.05) is 16.5 Å². The SMILES string of the molecule is Clc1cccc(CSSCc2cccc3ccccc23)c1. The molecule has 0 spiro atoms. The summed E-state index contributed by atoms with van der Waals surface area (Å²) in [6.45, 7) is 0. The summed E-state index contributed by atoms with van der Waals surface area (Å²) >= 11 is 6.00. The van der Waals surface area contributed by atoms with Gasteiger partial charge in [0.1, 0.15) is 0 Å². The molecule has 3 rings (SSSR count). The lowest BCUT2D eigenvalue weighted by atomic mass is 10.1. The smallest absolute Gasteiger partial charge is 0.0409 e. The first kappa shape index (κ1) is 14.8. The Balaban J connectivity index is 1.60. The zero-order chi connectivity index (χ0) is 14.5. The Hall–Kier alpha value is -1.09. The standard InChI is InChI=1S/C18H15ClS2/c19-17-9-3-5-14(11-17)12-20-21-13-16-8-4-7-15-6-1-2-10-18(15)16/h1-11H,12-13H2. The Morgan fingerprint density at radius 2 is 1.52 bits per heavy atom. The molecule has 0 atom stereocenters. The molecule has 0 amide bonds. The lowest BCUT2D eigenvalue weighted by Gasteiger charge is -2.06. The van der Waals surface area contributed by atoms with Crippen molar-refractivity contribution < 1.29 is 0 Å². The molecule has 0 fully saturated rings. The van der Waals surface area contributed by atoms with Crippen LogP contribution in [0, 0.1) is 0 Å². The van der Waals surface area contributed by atoms with Crippen LogP contribution < -0.4 is 0 Å². The summed E-state index contributed by atoms with van der Waals surface area (Å²) in [7, 11) is 3.77. The van der Waals surface area contributed by atoms with E-state index in [1.807, 2.05) is 39.8 Å². The summed E-state index contributed by atoms with van der Waals surface area (Å²) in [5.74, 6) is 2.00. The van der Waals surface area contributed by atoms with Crippen LogP contribution in [0.15, 0.2) is 66.7 Å². The number of rotatable bonds is 5. The average molecular weight is 331 g/mol. The fraction of sp³-hybridized carbons (Fsp3) is 0.111. The van der Waals surface area contributed by atoms with Gasteiger partial charge in [-0.15, -0.1) is 0 Å². The van der Waals surface area contributed by atoms with Crippen molar-refractivity contribution in [2.75, 3.05) is 0 Å². The molecule has 0 aliphatic heterocycles. The number of hydrogen-bond acceptors (Lipinski definition) is 2. The van der Waals surface area contributed by atoms with Crippen molar-refractivity contribution in [3.63, 3.8) is 0 Å². The van der Waals surface area contributed by atoms with Gasteiger partial charge in [0.05, 0.1) is 0 Å². The highest BCUT2D eigenvalue weighted by molar-refractivity contribution is 8.76. The van der Waals surface area contributed by atoms with Crippen molar-refractivity contribution in [1.82, 2.24) is 0 Å². The molecule has 3 heteroatoms. The first-order valence-corrected chi connectivity index (χ1v) is 9.65. The van der Waals surface area contributed by atoms with E-state index in [9.17, 15) is 0 Å². The minimum absolute atomic E-state index is 0.812. The number of fused-ring (bicyclic) bond motifs is 1. The first-order valence-electron chi connectivity index (χ1n) is 6.78. The van der Waals surface area contributed by atoms with Gasteiger partial charge in [-0.25, -0.2) is 0 Å². The summed E-state index contributed by atoms with van der Waals surface area (Å²) in [5, 5.41) is 3.48. The topological polar surface area (TPSA) is 0 Å². The van der Waals surface area contributed by atoms with Crippen LogP contribution in [0.25, 0.3) is 10.8 Å². The minimum atomic E-state index is 0.812. The predicted octanol–water partition coefficient (Wildman–Crippen LogP) is 6.57. The van der Waals surface area contributed by atoms with Crippen LogP contribution >= 0.6 is 33.2 Å². The van der Waals surface area contributed by atoms with E-state index in [1.165, 1.54) is 21.9 Å². The Morgan fingerprint density at radius 3 is 2.43 bits per heavy atom. The molecule has 0 aliphatic rings. The van der Waals surface area contributed by atoms with Gasteiger partial charge in [-0.1, -0.05) is 87.8 Å². The lowest BCUT2D eigenvalue weighted by Crippen LogP contribution is -1.83. The molecular weight excluding hydrogens is 316 g/mol. The molecule has 0 heterocycles. The third kappa shape index (κ3) is 3.97. The van der Waals surface area contributed by atoms with Crippen molar-refractivity contribution in [2.45, 2.75) is 11.5 Å². The number of benzene rings is 3. The Labute approximate surface area is 138 Å². The second-order valence-electron chi connectivity index (χ2n) is 4.79. The lowest BCUT2D eigenvalue weighted by molar-refractivity contribution is 1.42. The maximum Gasteiger partial charge on any atom is 0.0409 e. The summed E-state index contributed by atoms with van der Waals surface area (Å²) in [4.78, 5) is 0. The average Bonchev–Trinajstić information content (AvgIpc) is 2.52. The highest BCUT2D eigenvalue weighted by Gasteiger charge is 2.01. The van der Waals surface area contributed by atoms with Crippen molar-refractivity contribution in [3.05, 3.63) is 82.9 Å². The van der Waals surface area contributed by atoms with E-state index in [2.05, 4.69) is 48.5 Å². The fourth-order valence-corrected chi connectivity index (χ4v) is 4.62. The number of hydrogen-bond donors (Lipinski definition) is 0. The summed E-state index contributed by atoms with van der Waals surface area (Å²) in [6.07, 6.45) is 0. The van der Waals surface area contributed by atoms with Gasteiger partial charge in [-0.3, -0.25) is 0 Å². The van der Waals surface area contributed by atoms with Crippen LogP contribution in [-0.4, -0.2) is 0 Å². The molecule has 21 heavy (non-hydrogen) atoms. The summed E-state index contributed by atoms with van der Waals surface area (Å²) in [6, 6.07) is 23.2. The third-order valence-corrected chi connectivity index (χ3v) is 5.78. The minimum Gasteiger partial charge on any atom is -0.0890 e. The third-order valence-electron chi connectivity index (χ3n) is 3.29. The van der Waals surface area contributed by atoms with Gasteiger partial charge in [-0.05, 0) is 34.0 Å². The molecule has 0 bridgehead atoms. The highest BCUT2D eigenvalue weighted by Crippen LogP contribution is 2.32. The molecule has 0 aromatic heterocycles. The maximum absolute atomic E-state index is 6.00. The molecule has 0 aliphatic carbocycles. The van der Waals surface area contributed by atoms with Crippen LogP contribution in [-0.2, 0) is 11.5 Å². The molecule has 0 nitrogen and oxygen atoms in total. The van der Waals surface area contributed by atoms with E-state index in [-0.39, 0.29) is 0 Å². The van der Waals surface area contributed by atoms with Gasteiger partial charge in [-0.2, -0.15) is 0 Å². The van der Waals surface area contributed by atoms with Gasteiger partial charge in [0.15, 0.2) is 0 Å².